The first-order chi connectivity index (χ1) is 10.7. The van der Waals surface area contributed by atoms with Crippen LogP contribution in [0.3, 0.4) is 0 Å². The molecule has 0 saturated carbocycles. The van der Waals surface area contributed by atoms with Crippen LogP contribution in [0.5, 0.6) is 11.5 Å². The van der Waals surface area contributed by atoms with Gasteiger partial charge in [0.25, 0.3) is 0 Å². The van der Waals surface area contributed by atoms with Gasteiger partial charge in [-0.2, -0.15) is 0 Å². The molecule has 22 heavy (non-hydrogen) atoms. The maximum Gasteiger partial charge on any atom is 0.409 e. The Bertz CT molecular complexity index is 589. The van der Waals surface area contributed by atoms with Gasteiger partial charge in [-0.15, -0.1) is 0 Å². The molecule has 1 atom stereocenters. The van der Waals surface area contributed by atoms with Crippen LogP contribution in [0.25, 0.3) is 0 Å². The fourth-order valence-electron chi connectivity index (χ4n) is 2.70. The maximum absolute atomic E-state index is 12.4. The molecule has 0 radical (unpaired) electrons. The molecule has 1 aromatic carbocycles. The number of carbonyl (C=O) groups is 2. The van der Waals surface area contributed by atoms with Crippen molar-refractivity contribution in [2.45, 2.75) is 12.8 Å². The molecule has 2 heterocycles. The van der Waals surface area contributed by atoms with E-state index in [1.165, 1.54) is 7.11 Å². The fraction of sp³-hybridized carbons (Fsp3) is 0.467. The second kappa shape index (κ2) is 6.13. The predicted molar refractivity (Wildman–Crippen MR) is 77.9 cm³/mol. The van der Waals surface area contributed by atoms with Crippen molar-refractivity contribution in [3.63, 3.8) is 0 Å². The molecule has 1 saturated heterocycles. The van der Waals surface area contributed by atoms with Crippen molar-refractivity contribution in [3.05, 3.63) is 18.2 Å². The minimum Gasteiger partial charge on any atom is -0.454 e. The SMILES string of the molecule is COC(=O)N1CCCC(C(=O)Nc2ccc3c(c2)OCO3)C1. The van der Waals surface area contributed by atoms with Crippen LogP contribution >= 0.6 is 0 Å². The number of nitrogens with one attached hydrogen (secondary N) is 1. The Balaban J connectivity index is 1.63. The van der Waals surface area contributed by atoms with Gasteiger partial charge in [-0.25, -0.2) is 4.79 Å². The van der Waals surface area contributed by atoms with E-state index in [2.05, 4.69) is 5.32 Å². The number of carbonyl (C=O) groups excluding carboxylic acids is 2. The Kier molecular flexibility index (Phi) is 4.04. The van der Waals surface area contributed by atoms with E-state index < -0.39 is 0 Å². The summed E-state index contributed by atoms with van der Waals surface area (Å²) in [5, 5.41) is 2.87. The Labute approximate surface area is 128 Å². The molecule has 0 aliphatic carbocycles. The van der Waals surface area contributed by atoms with E-state index >= 15 is 0 Å². The third-order valence-electron chi connectivity index (χ3n) is 3.87. The van der Waals surface area contributed by atoms with E-state index in [9.17, 15) is 9.59 Å². The molecular formula is C15H18N2O5. The normalized spacial score (nSPS) is 19.7. The first-order valence-electron chi connectivity index (χ1n) is 7.21. The first-order valence-corrected chi connectivity index (χ1v) is 7.21. The number of methoxy groups -OCH3 is 1. The number of rotatable bonds is 2. The fourth-order valence-corrected chi connectivity index (χ4v) is 2.70. The van der Waals surface area contributed by atoms with Crippen molar-refractivity contribution in [2.24, 2.45) is 5.92 Å². The summed E-state index contributed by atoms with van der Waals surface area (Å²) < 4.78 is 15.2. The number of fused-ring (bicyclic) bond motifs is 1. The second-order valence-corrected chi connectivity index (χ2v) is 5.31. The predicted octanol–water partition coefficient (Wildman–Crippen LogP) is 1.83. The van der Waals surface area contributed by atoms with E-state index in [0.29, 0.717) is 30.3 Å². The van der Waals surface area contributed by atoms with Crippen molar-refractivity contribution in [1.29, 1.82) is 0 Å². The molecule has 7 nitrogen and oxygen atoms in total. The largest absolute Gasteiger partial charge is 0.454 e. The molecule has 7 heteroatoms. The number of likely N-dealkylation sites (tertiary alicyclic amines) is 1. The summed E-state index contributed by atoms with van der Waals surface area (Å²) in [6.07, 6.45) is 1.15. The van der Waals surface area contributed by atoms with Crippen LogP contribution in [-0.2, 0) is 9.53 Å². The number of piperidine rings is 1. The van der Waals surface area contributed by atoms with Gasteiger partial charge in [-0.1, -0.05) is 0 Å². The minimum atomic E-state index is -0.388. The topological polar surface area (TPSA) is 77.1 Å². The molecule has 0 bridgehead atoms. The number of ether oxygens (including phenoxy) is 3. The van der Waals surface area contributed by atoms with Gasteiger partial charge in [0.15, 0.2) is 11.5 Å². The lowest BCUT2D eigenvalue weighted by Crippen LogP contribution is -2.43. The van der Waals surface area contributed by atoms with Crippen LogP contribution in [0.15, 0.2) is 18.2 Å². The molecule has 0 aromatic heterocycles. The highest BCUT2D eigenvalue weighted by Gasteiger charge is 2.29. The highest BCUT2D eigenvalue weighted by atomic mass is 16.7. The smallest absolute Gasteiger partial charge is 0.409 e. The zero-order chi connectivity index (χ0) is 15.5. The number of hydrogen-bond acceptors (Lipinski definition) is 5. The monoisotopic (exact) mass is 306 g/mol. The van der Waals surface area contributed by atoms with Crippen LogP contribution < -0.4 is 14.8 Å². The molecule has 118 valence electrons. The van der Waals surface area contributed by atoms with Crippen LogP contribution in [-0.4, -0.2) is 43.9 Å². The Morgan fingerprint density at radius 1 is 1.32 bits per heavy atom. The van der Waals surface area contributed by atoms with Gasteiger partial charge in [0.2, 0.25) is 12.7 Å². The number of nitrogens with zero attached hydrogens (tertiary/aromatic N) is 1. The molecule has 1 aromatic rings. The molecular weight excluding hydrogens is 288 g/mol. The molecule has 0 spiro atoms. The number of hydrogen-bond donors (Lipinski definition) is 1. The van der Waals surface area contributed by atoms with Crippen molar-refractivity contribution in [3.8, 4) is 11.5 Å². The quantitative estimate of drug-likeness (QED) is 0.902. The highest BCUT2D eigenvalue weighted by molar-refractivity contribution is 5.93. The lowest BCUT2D eigenvalue weighted by Gasteiger charge is -2.30. The van der Waals surface area contributed by atoms with E-state index in [1.54, 1.807) is 23.1 Å². The average Bonchev–Trinajstić information content (AvgIpc) is 3.02. The standard InChI is InChI=1S/C15H18N2O5/c1-20-15(19)17-6-2-3-10(8-17)14(18)16-11-4-5-12-13(7-11)22-9-21-12/h4-5,7,10H,2-3,6,8-9H2,1H3,(H,16,18). The van der Waals surface area contributed by atoms with Crippen LogP contribution in [0.4, 0.5) is 10.5 Å². The lowest BCUT2D eigenvalue weighted by atomic mass is 9.97. The number of amides is 2. The zero-order valence-corrected chi connectivity index (χ0v) is 12.3. The van der Waals surface area contributed by atoms with Gasteiger partial charge in [0.05, 0.1) is 13.0 Å². The van der Waals surface area contributed by atoms with Gasteiger partial charge >= 0.3 is 6.09 Å². The second-order valence-electron chi connectivity index (χ2n) is 5.31. The van der Waals surface area contributed by atoms with Gasteiger partial charge < -0.3 is 24.4 Å². The summed E-state index contributed by atoms with van der Waals surface area (Å²) in [5.74, 6) is 0.955. The maximum atomic E-state index is 12.4. The first kappa shape index (κ1) is 14.5. The summed E-state index contributed by atoms with van der Waals surface area (Å²) in [6, 6.07) is 5.27. The van der Waals surface area contributed by atoms with Crippen LogP contribution in [0, 0.1) is 5.92 Å². The molecule has 1 fully saturated rings. The van der Waals surface area contributed by atoms with Gasteiger partial charge in [0.1, 0.15) is 0 Å². The third kappa shape index (κ3) is 2.93. The number of benzene rings is 1. The number of anilines is 1. The van der Waals surface area contributed by atoms with E-state index in [4.69, 9.17) is 14.2 Å². The van der Waals surface area contributed by atoms with Crippen molar-refractivity contribution in [1.82, 2.24) is 4.90 Å². The van der Waals surface area contributed by atoms with Gasteiger partial charge in [-0.3, -0.25) is 4.79 Å². The Morgan fingerprint density at radius 3 is 2.95 bits per heavy atom. The molecule has 1 N–H and O–H groups in total. The van der Waals surface area contributed by atoms with Crippen LogP contribution in [0.1, 0.15) is 12.8 Å². The van der Waals surface area contributed by atoms with E-state index in [-0.39, 0.29) is 24.7 Å². The zero-order valence-electron chi connectivity index (χ0n) is 12.3. The summed E-state index contributed by atoms with van der Waals surface area (Å²) in [7, 11) is 1.35. The Morgan fingerprint density at radius 2 is 2.14 bits per heavy atom. The van der Waals surface area contributed by atoms with Gasteiger partial charge in [0, 0.05) is 24.8 Å². The van der Waals surface area contributed by atoms with Gasteiger partial charge in [-0.05, 0) is 25.0 Å². The Hall–Kier alpha value is -2.44. The van der Waals surface area contributed by atoms with Crippen molar-refractivity contribution < 1.29 is 23.8 Å². The average molecular weight is 306 g/mol. The van der Waals surface area contributed by atoms with E-state index in [1.807, 2.05) is 0 Å². The van der Waals surface area contributed by atoms with E-state index in [0.717, 1.165) is 12.8 Å². The minimum absolute atomic E-state index is 0.104. The molecule has 1 unspecified atom stereocenters. The third-order valence-corrected chi connectivity index (χ3v) is 3.87. The summed E-state index contributed by atoms with van der Waals surface area (Å²) in [6.45, 7) is 1.20. The molecule has 3 rings (SSSR count). The lowest BCUT2D eigenvalue weighted by molar-refractivity contribution is -0.121. The summed E-state index contributed by atoms with van der Waals surface area (Å²) in [5.41, 5.74) is 0.657. The summed E-state index contributed by atoms with van der Waals surface area (Å²) >= 11 is 0. The van der Waals surface area contributed by atoms with Crippen LogP contribution in [0.2, 0.25) is 0 Å². The van der Waals surface area contributed by atoms with Crippen molar-refractivity contribution in [2.75, 3.05) is 32.3 Å². The molecule has 2 aliphatic heterocycles. The molecule has 2 amide bonds. The highest BCUT2D eigenvalue weighted by Crippen LogP contribution is 2.34. The van der Waals surface area contributed by atoms with Crippen molar-refractivity contribution >= 4 is 17.7 Å². The molecule has 2 aliphatic rings. The summed E-state index contributed by atoms with van der Waals surface area (Å²) in [4.78, 5) is 25.5.